The molecular weight excluding hydrogens is 360 g/mol. The number of aromatic nitrogens is 2. The molecule has 4 rings (SSSR count). The van der Waals surface area contributed by atoms with Crippen LogP contribution in [0.1, 0.15) is 18.4 Å². The first-order valence-electron chi connectivity index (χ1n) is 9.07. The normalized spacial score (nSPS) is 17.1. The van der Waals surface area contributed by atoms with Crippen LogP contribution in [0, 0.1) is 0 Å². The zero-order valence-electron chi connectivity index (χ0n) is 14.9. The molecular formula is C21H21ClN4O. The molecule has 0 spiro atoms. The second kappa shape index (κ2) is 7.94. The average Bonchev–Trinajstić information content (AvgIpc) is 3.35. The van der Waals surface area contributed by atoms with Gasteiger partial charge >= 0.3 is 0 Å². The van der Waals surface area contributed by atoms with E-state index in [0.717, 1.165) is 31.6 Å². The number of nitrogens with one attached hydrogen (secondary N) is 1. The minimum Gasteiger partial charge on any atom is -0.325 e. The van der Waals surface area contributed by atoms with Gasteiger partial charge in [-0.2, -0.15) is 0 Å². The van der Waals surface area contributed by atoms with Gasteiger partial charge in [-0.1, -0.05) is 41.9 Å². The highest BCUT2D eigenvalue weighted by Crippen LogP contribution is 2.26. The topological polar surface area (TPSA) is 50.2 Å². The number of nitrogens with zero attached hydrogens (tertiary/aromatic N) is 3. The van der Waals surface area contributed by atoms with E-state index in [9.17, 15) is 4.79 Å². The number of amides is 1. The van der Waals surface area contributed by atoms with Crippen molar-refractivity contribution in [3.05, 3.63) is 77.8 Å². The molecule has 1 aliphatic heterocycles. The van der Waals surface area contributed by atoms with Crippen molar-refractivity contribution in [2.75, 3.05) is 11.9 Å². The third kappa shape index (κ3) is 4.04. The van der Waals surface area contributed by atoms with Gasteiger partial charge in [0, 0.05) is 24.6 Å². The van der Waals surface area contributed by atoms with Crippen LogP contribution in [-0.2, 0) is 11.3 Å². The Morgan fingerprint density at radius 2 is 2.07 bits per heavy atom. The second-order valence-electron chi connectivity index (χ2n) is 6.74. The number of hydrogen-bond donors (Lipinski definition) is 1. The summed E-state index contributed by atoms with van der Waals surface area (Å²) in [6, 6.07) is 15.7. The number of halogens is 1. The zero-order valence-corrected chi connectivity index (χ0v) is 15.6. The van der Waals surface area contributed by atoms with Gasteiger partial charge in [0.1, 0.15) is 0 Å². The Morgan fingerprint density at radius 3 is 2.81 bits per heavy atom. The van der Waals surface area contributed by atoms with Crippen molar-refractivity contribution >= 4 is 23.2 Å². The van der Waals surface area contributed by atoms with Crippen molar-refractivity contribution in [1.82, 2.24) is 14.5 Å². The maximum atomic E-state index is 12.8. The van der Waals surface area contributed by atoms with E-state index in [1.165, 1.54) is 5.56 Å². The quantitative estimate of drug-likeness (QED) is 0.724. The molecule has 1 aromatic heterocycles. The number of carbonyl (C=O) groups is 1. The molecule has 0 bridgehead atoms. The lowest BCUT2D eigenvalue weighted by Gasteiger charge is -2.24. The minimum atomic E-state index is -0.114. The zero-order chi connectivity index (χ0) is 18.6. The van der Waals surface area contributed by atoms with Crippen molar-refractivity contribution in [3.63, 3.8) is 0 Å². The molecule has 1 saturated heterocycles. The standard InChI is InChI=1S/C21H21ClN4O/c22-18-13-17(8-9-19(18)26-12-10-23-15-26)24-21(27)20-7-4-11-25(20)14-16-5-2-1-3-6-16/h1-3,5-6,8-10,12-13,15,20H,4,7,11,14H2,(H,24,27). The summed E-state index contributed by atoms with van der Waals surface area (Å²) >= 11 is 6.39. The van der Waals surface area contributed by atoms with E-state index in [4.69, 9.17) is 11.6 Å². The first kappa shape index (κ1) is 17.8. The highest BCUT2D eigenvalue weighted by Gasteiger charge is 2.30. The first-order valence-corrected chi connectivity index (χ1v) is 9.45. The van der Waals surface area contributed by atoms with Gasteiger partial charge in [0.15, 0.2) is 0 Å². The van der Waals surface area contributed by atoms with Crippen LogP contribution in [0.3, 0.4) is 0 Å². The molecule has 0 saturated carbocycles. The van der Waals surface area contributed by atoms with Crippen LogP contribution in [0.15, 0.2) is 67.3 Å². The summed E-state index contributed by atoms with van der Waals surface area (Å²) in [4.78, 5) is 19.1. The fourth-order valence-corrected chi connectivity index (χ4v) is 3.83. The molecule has 1 fully saturated rings. The Hall–Kier alpha value is -2.63. The Kier molecular flexibility index (Phi) is 5.23. The molecule has 5 nitrogen and oxygen atoms in total. The van der Waals surface area contributed by atoms with Crippen molar-refractivity contribution < 1.29 is 4.79 Å². The summed E-state index contributed by atoms with van der Waals surface area (Å²) in [6.07, 6.45) is 7.14. The number of anilines is 1. The van der Waals surface area contributed by atoms with Crippen molar-refractivity contribution in [1.29, 1.82) is 0 Å². The van der Waals surface area contributed by atoms with Crippen LogP contribution in [0.4, 0.5) is 5.69 Å². The summed E-state index contributed by atoms with van der Waals surface area (Å²) in [5, 5.41) is 3.59. The summed E-state index contributed by atoms with van der Waals surface area (Å²) in [5.41, 5.74) is 2.77. The SMILES string of the molecule is O=C(Nc1ccc(-n2ccnc2)c(Cl)c1)C1CCCN1Cc1ccccc1. The van der Waals surface area contributed by atoms with Crippen molar-refractivity contribution in [3.8, 4) is 5.69 Å². The van der Waals surface area contributed by atoms with E-state index in [-0.39, 0.29) is 11.9 Å². The van der Waals surface area contributed by atoms with Crippen LogP contribution in [-0.4, -0.2) is 32.9 Å². The van der Waals surface area contributed by atoms with Gasteiger partial charge in [-0.25, -0.2) is 4.98 Å². The van der Waals surface area contributed by atoms with E-state index in [2.05, 4.69) is 27.3 Å². The molecule has 0 radical (unpaired) electrons. The smallest absolute Gasteiger partial charge is 0.241 e. The summed E-state index contributed by atoms with van der Waals surface area (Å²) in [7, 11) is 0. The number of imidazole rings is 1. The molecule has 2 heterocycles. The van der Waals surface area contributed by atoms with Crippen LogP contribution in [0.2, 0.25) is 5.02 Å². The number of rotatable bonds is 5. The molecule has 1 N–H and O–H groups in total. The maximum absolute atomic E-state index is 12.8. The molecule has 138 valence electrons. The Morgan fingerprint density at radius 1 is 1.22 bits per heavy atom. The van der Waals surface area contributed by atoms with Gasteiger partial charge in [0.05, 0.1) is 23.1 Å². The molecule has 1 aliphatic rings. The summed E-state index contributed by atoms with van der Waals surface area (Å²) < 4.78 is 1.84. The molecule has 1 amide bonds. The van der Waals surface area contributed by atoms with Crippen molar-refractivity contribution in [2.24, 2.45) is 0 Å². The van der Waals surface area contributed by atoms with Crippen LogP contribution >= 0.6 is 11.6 Å². The highest BCUT2D eigenvalue weighted by atomic mass is 35.5. The van der Waals surface area contributed by atoms with E-state index in [1.807, 2.05) is 41.1 Å². The van der Waals surface area contributed by atoms with Gasteiger partial charge in [-0.3, -0.25) is 9.69 Å². The number of benzene rings is 2. The molecule has 1 atom stereocenters. The lowest BCUT2D eigenvalue weighted by atomic mass is 10.1. The maximum Gasteiger partial charge on any atom is 0.241 e. The molecule has 0 aliphatic carbocycles. The minimum absolute atomic E-state index is 0.0230. The van der Waals surface area contributed by atoms with Gasteiger partial charge in [-0.15, -0.1) is 0 Å². The predicted octanol–water partition coefficient (Wildman–Crippen LogP) is 4.13. The van der Waals surface area contributed by atoms with E-state index < -0.39 is 0 Å². The first-order chi connectivity index (χ1) is 13.2. The lowest BCUT2D eigenvalue weighted by molar-refractivity contribution is -0.120. The average molecular weight is 381 g/mol. The predicted molar refractivity (Wildman–Crippen MR) is 107 cm³/mol. The number of carbonyl (C=O) groups excluding carboxylic acids is 1. The van der Waals surface area contributed by atoms with Gasteiger partial charge in [0.25, 0.3) is 0 Å². The van der Waals surface area contributed by atoms with E-state index in [1.54, 1.807) is 18.6 Å². The fourth-order valence-electron chi connectivity index (χ4n) is 3.55. The van der Waals surface area contributed by atoms with E-state index >= 15 is 0 Å². The largest absolute Gasteiger partial charge is 0.325 e. The third-order valence-corrected chi connectivity index (χ3v) is 5.20. The van der Waals surface area contributed by atoms with Gasteiger partial charge in [0.2, 0.25) is 5.91 Å². The molecule has 3 aromatic rings. The molecule has 6 heteroatoms. The Balaban J connectivity index is 1.44. The van der Waals surface area contributed by atoms with Crippen LogP contribution in [0.25, 0.3) is 5.69 Å². The molecule has 2 aromatic carbocycles. The number of hydrogen-bond acceptors (Lipinski definition) is 3. The Bertz CT molecular complexity index is 911. The number of likely N-dealkylation sites (tertiary alicyclic amines) is 1. The van der Waals surface area contributed by atoms with Crippen molar-refractivity contribution in [2.45, 2.75) is 25.4 Å². The third-order valence-electron chi connectivity index (χ3n) is 4.89. The monoisotopic (exact) mass is 380 g/mol. The van der Waals surface area contributed by atoms with Gasteiger partial charge < -0.3 is 9.88 Å². The molecule has 1 unspecified atom stereocenters. The molecule has 27 heavy (non-hydrogen) atoms. The van der Waals surface area contributed by atoms with Crippen LogP contribution in [0.5, 0.6) is 0 Å². The summed E-state index contributed by atoms with van der Waals surface area (Å²) in [5.74, 6) is 0.0230. The van der Waals surface area contributed by atoms with Gasteiger partial charge in [-0.05, 0) is 43.1 Å². The van der Waals surface area contributed by atoms with Crippen LogP contribution < -0.4 is 5.32 Å². The highest BCUT2D eigenvalue weighted by molar-refractivity contribution is 6.32. The second-order valence-corrected chi connectivity index (χ2v) is 7.15. The Labute approximate surface area is 163 Å². The lowest BCUT2D eigenvalue weighted by Crippen LogP contribution is -2.39. The fraction of sp³-hybridized carbons (Fsp3) is 0.238. The van der Waals surface area contributed by atoms with E-state index in [0.29, 0.717) is 10.7 Å². The summed E-state index contributed by atoms with van der Waals surface area (Å²) in [6.45, 7) is 1.73.